The smallest absolute Gasteiger partial charge is 0.303 e. The number of hydrogen-bond acceptors (Lipinski definition) is 8. The lowest BCUT2D eigenvalue weighted by molar-refractivity contribution is -0.213. The van der Waals surface area contributed by atoms with Crippen LogP contribution >= 0.6 is 0 Å². The average molecular weight is 332 g/mol. The number of carbonyl (C=O) groups excluding carboxylic acids is 3. The van der Waals surface area contributed by atoms with E-state index in [1.807, 2.05) is 0 Å². The van der Waals surface area contributed by atoms with Gasteiger partial charge >= 0.3 is 17.9 Å². The van der Waals surface area contributed by atoms with E-state index in [2.05, 4.69) is 0 Å². The van der Waals surface area contributed by atoms with Crippen molar-refractivity contribution in [2.24, 2.45) is 0 Å². The van der Waals surface area contributed by atoms with Crippen LogP contribution in [0.25, 0.3) is 0 Å². The van der Waals surface area contributed by atoms with Crippen molar-refractivity contribution in [3.05, 3.63) is 0 Å². The minimum atomic E-state index is -0.950. The van der Waals surface area contributed by atoms with E-state index < -0.39 is 42.5 Å². The van der Waals surface area contributed by atoms with Crippen molar-refractivity contribution in [1.29, 1.82) is 0 Å². The van der Waals surface area contributed by atoms with Gasteiger partial charge in [0.1, 0.15) is 12.2 Å². The fourth-order valence-corrected chi connectivity index (χ4v) is 2.32. The van der Waals surface area contributed by atoms with E-state index in [0.29, 0.717) is 13.2 Å². The summed E-state index contributed by atoms with van der Waals surface area (Å²) in [5.74, 6) is -1.64. The predicted molar refractivity (Wildman–Crippen MR) is 77.3 cm³/mol. The van der Waals surface area contributed by atoms with Gasteiger partial charge in [-0.2, -0.15) is 0 Å². The van der Waals surface area contributed by atoms with Gasteiger partial charge in [0.05, 0.1) is 13.2 Å². The second-order valence-corrected chi connectivity index (χ2v) is 5.30. The van der Waals surface area contributed by atoms with Crippen LogP contribution in [0.2, 0.25) is 0 Å². The van der Waals surface area contributed by atoms with Crippen LogP contribution in [0.3, 0.4) is 0 Å². The minimum absolute atomic E-state index is 0.170. The maximum absolute atomic E-state index is 11.4. The first-order valence-corrected chi connectivity index (χ1v) is 7.54. The van der Waals surface area contributed by atoms with Crippen molar-refractivity contribution in [3.63, 3.8) is 0 Å². The highest BCUT2D eigenvalue weighted by atomic mass is 16.7. The van der Waals surface area contributed by atoms with Crippen molar-refractivity contribution in [2.45, 2.75) is 65.1 Å². The third-order valence-electron chi connectivity index (χ3n) is 3.12. The van der Waals surface area contributed by atoms with E-state index in [-0.39, 0.29) is 6.42 Å². The Bertz CT molecular complexity index is 416. The molecule has 0 aliphatic carbocycles. The fraction of sp³-hybridized carbons (Fsp3) is 0.800. The standard InChI is InChI=1S/C15H24O8/c1-9(21-10(2)16)15(23-12(4)18)13(22-11(3)17)8-14-19-6-5-7-20-14/h9,13-15H,5-8H2,1-4H3/t9-,13-,15-/m1/s1. The first kappa shape index (κ1) is 19.4. The zero-order valence-corrected chi connectivity index (χ0v) is 13.9. The third-order valence-corrected chi connectivity index (χ3v) is 3.12. The molecule has 8 nitrogen and oxygen atoms in total. The summed E-state index contributed by atoms with van der Waals surface area (Å²) in [6, 6.07) is 0. The quantitative estimate of drug-likeness (QED) is 0.502. The molecular weight excluding hydrogens is 308 g/mol. The molecule has 0 amide bonds. The second-order valence-electron chi connectivity index (χ2n) is 5.30. The summed E-state index contributed by atoms with van der Waals surface area (Å²) >= 11 is 0. The molecule has 1 aliphatic heterocycles. The second kappa shape index (κ2) is 9.46. The highest BCUT2D eigenvalue weighted by molar-refractivity contribution is 5.68. The minimum Gasteiger partial charge on any atom is -0.459 e. The fourth-order valence-electron chi connectivity index (χ4n) is 2.32. The van der Waals surface area contributed by atoms with Crippen LogP contribution in [-0.4, -0.2) is 55.7 Å². The third kappa shape index (κ3) is 7.43. The predicted octanol–water partition coefficient (Wildman–Crippen LogP) is 0.954. The maximum Gasteiger partial charge on any atom is 0.303 e. The van der Waals surface area contributed by atoms with Crippen LogP contribution in [-0.2, 0) is 38.1 Å². The molecule has 0 aromatic carbocycles. The van der Waals surface area contributed by atoms with E-state index >= 15 is 0 Å². The maximum atomic E-state index is 11.4. The molecule has 0 bridgehead atoms. The molecule has 0 unspecified atom stereocenters. The molecule has 132 valence electrons. The number of rotatable bonds is 7. The number of ether oxygens (including phenoxy) is 5. The first-order chi connectivity index (χ1) is 10.8. The molecule has 0 saturated carbocycles. The van der Waals surface area contributed by atoms with Crippen LogP contribution in [0.15, 0.2) is 0 Å². The van der Waals surface area contributed by atoms with Gasteiger partial charge in [0.25, 0.3) is 0 Å². The average Bonchev–Trinajstić information content (AvgIpc) is 2.43. The van der Waals surface area contributed by atoms with Crippen molar-refractivity contribution in [2.75, 3.05) is 13.2 Å². The molecule has 0 radical (unpaired) electrons. The van der Waals surface area contributed by atoms with E-state index in [4.69, 9.17) is 23.7 Å². The Morgan fingerprint density at radius 1 is 0.957 bits per heavy atom. The van der Waals surface area contributed by atoms with Gasteiger partial charge in [-0.3, -0.25) is 14.4 Å². The normalized spacial score (nSPS) is 19.3. The van der Waals surface area contributed by atoms with Crippen molar-refractivity contribution in [1.82, 2.24) is 0 Å². The Kier molecular flexibility index (Phi) is 7.97. The molecule has 3 atom stereocenters. The van der Waals surface area contributed by atoms with Gasteiger partial charge in [-0.05, 0) is 13.3 Å². The summed E-state index contributed by atoms with van der Waals surface area (Å²) in [7, 11) is 0. The Labute approximate surface area is 135 Å². The van der Waals surface area contributed by atoms with E-state index in [9.17, 15) is 14.4 Å². The zero-order valence-electron chi connectivity index (χ0n) is 13.9. The topological polar surface area (TPSA) is 97.4 Å². The summed E-state index contributed by atoms with van der Waals surface area (Å²) in [6.45, 7) is 6.36. The van der Waals surface area contributed by atoms with Crippen LogP contribution in [0, 0.1) is 0 Å². The molecule has 0 aromatic heterocycles. The molecule has 8 heteroatoms. The number of esters is 3. The van der Waals surface area contributed by atoms with Crippen LogP contribution in [0.1, 0.15) is 40.5 Å². The first-order valence-electron chi connectivity index (χ1n) is 7.54. The van der Waals surface area contributed by atoms with Gasteiger partial charge in [0, 0.05) is 27.2 Å². The molecule has 0 aromatic rings. The molecular formula is C15H24O8. The van der Waals surface area contributed by atoms with E-state index in [1.165, 1.54) is 20.8 Å². The number of hydrogen-bond donors (Lipinski definition) is 0. The Morgan fingerprint density at radius 2 is 1.48 bits per heavy atom. The lowest BCUT2D eigenvalue weighted by atomic mass is 10.0. The summed E-state index contributed by atoms with van der Waals surface area (Å²) in [5, 5.41) is 0. The molecule has 1 aliphatic rings. The van der Waals surface area contributed by atoms with Crippen LogP contribution in [0.4, 0.5) is 0 Å². The van der Waals surface area contributed by atoms with Crippen LogP contribution < -0.4 is 0 Å². The van der Waals surface area contributed by atoms with Gasteiger partial charge in [-0.15, -0.1) is 0 Å². The van der Waals surface area contributed by atoms with Gasteiger partial charge in [-0.25, -0.2) is 0 Å². The van der Waals surface area contributed by atoms with Gasteiger partial charge in [0.2, 0.25) is 0 Å². The number of carbonyl (C=O) groups is 3. The zero-order chi connectivity index (χ0) is 17.4. The van der Waals surface area contributed by atoms with Gasteiger partial charge in [0.15, 0.2) is 12.4 Å². The van der Waals surface area contributed by atoms with E-state index in [0.717, 1.165) is 6.42 Å². The summed E-state index contributed by atoms with van der Waals surface area (Å²) in [5.41, 5.74) is 0. The van der Waals surface area contributed by atoms with Crippen molar-refractivity contribution < 1.29 is 38.1 Å². The molecule has 1 fully saturated rings. The Balaban J connectivity index is 2.86. The van der Waals surface area contributed by atoms with Gasteiger partial charge < -0.3 is 23.7 Å². The SMILES string of the molecule is CC(=O)O[C@H]([C@@H](C)OC(C)=O)[C@@H](CC1OCCCO1)OC(C)=O. The molecule has 23 heavy (non-hydrogen) atoms. The summed E-state index contributed by atoms with van der Waals surface area (Å²) in [6.07, 6.45) is -2.21. The lowest BCUT2D eigenvalue weighted by Crippen LogP contribution is -2.46. The molecule has 1 saturated heterocycles. The molecule has 0 spiro atoms. The van der Waals surface area contributed by atoms with E-state index in [1.54, 1.807) is 6.92 Å². The lowest BCUT2D eigenvalue weighted by Gasteiger charge is -2.33. The van der Waals surface area contributed by atoms with Gasteiger partial charge in [-0.1, -0.05) is 0 Å². The summed E-state index contributed by atoms with van der Waals surface area (Å²) < 4.78 is 26.4. The highest BCUT2D eigenvalue weighted by Gasteiger charge is 2.36. The molecule has 1 heterocycles. The van der Waals surface area contributed by atoms with Crippen molar-refractivity contribution >= 4 is 17.9 Å². The largest absolute Gasteiger partial charge is 0.459 e. The molecule has 0 N–H and O–H groups in total. The summed E-state index contributed by atoms with van der Waals surface area (Å²) in [4.78, 5) is 33.9. The highest BCUT2D eigenvalue weighted by Crippen LogP contribution is 2.21. The Morgan fingerprint density at radius 3 is 1.96 bits per heavy atom. The Hall–Kier alpha value is -1.67. The van der Waals surface area contributed by atoms with Crippen LogP contribution in [0.5, 0.6) is 0 Å². The monoisotopic (exact) mass is 332 g/mol. The molecule has 1 rings (SSSR count). The van der Waals surface area contributed by atoms with Crippen molar-refractivity contribution in [3.8, 4) is 0 Å².